The van der Waals surface area contributed by atoms with Crippen molar-refractivity contribution in [1.82, 2.24) is 9.97 Å². The van der Waals surface area contributed by atoms with Crippen LogP contribution in [0.25, 0.3) is 0 Å². The summed E-state index contributed by atoms with van der Waals surface area (Å²) in [4.78, 5) is 19.6. The van der Waals surface area contributed by atoms with Gasteiger partial charge in [0, 0.05) is 6.20 Å². The number of hydrogen-bond acceptors (Lipinski definition) is 4. The molecule has 1 unspecified atom stereocenters. The fourth-order valence-corrected chi connectivity index (χ4v) is 1.53. The lowest BCUT2D eigenvalue weighted by molar-refractivity contribution is -0.117. The lowest BCUT2D eigenvalue weighted by atomic mass is 10.1. The molecule has 0 aliphatic heterocycles. The first-order valence-corrected chi connectivity index (χ1v) is 5.64. The summed E-state index contributed by atoms with van der Waals surface area (Å²) >= 11 is 5.69. The van der Waals surface area contributed by atoms with Crippen molar-refractivity contribution in [3.05, 3.63) is 53.3 Å². The standard InChI is InChI=1S/C12H11ClN4O/c13-9-6-7-15-12(16-9)17-11(18)10(14)8-4-2-1-3-5-8/h1-7,10H,14H2,(H,15,16,17,18). The molecule has 1 heterocycles. The van der Waals surface area contributed by atoms with Crippen molar-refractivity contribution in [3.8, 4) is 0 Å². The zero-order chi connectivity index (χ0) is 13.0. The van der Waals surface area contributed by atoms with Crippen LogP contribution in [-0.2, 0) is 4.79 Å². The molecule has 5 nitrogen and oxygen atoms in total. The molecule has 0 aliphatic carbocycles. The number of nitrogens with two attached hydrogens (primary N) is 1. The van der Waals surface area contributed by atoms with Crippen LogP contribution in [-0.4, -0.2) is 15.9 Å². The Hall–Kier alpha value is -1.98. The van der Waals surface area contributed by atoms with Crippen molar-refractivity contribution >= 4 is 23.5 Å². The first-order chi connectivity index (χ1) is 8.66. The molecule has 6 heteroatoms. The summed E-state index contributed by atoms with van der Waals surface area (Å²) < 4.78 is 0. The molecule has 0 bridgehead atoms. The van der Waals surface area contributed by atoms with E-state index in [-0.39, 0.29) is 17.0 Å². The highest BCUT2D eigenvalue weighted by molar-refractivity contribution is 6.29. The number of halogens is 1. The van der Waals surface area contributed by atoms with Crippen molar-refractivity contribution in [3.63, 3.8) is 0 Å². The van der Waals surface area contributed by atoms with Crippen LogP contribution < -0.4 is 11.1 Å². The Morgan fingerprint density at radius 3 is 2.67 bits per heavy atom. The van der Waals surface area contributed by atoms with Crippen LogP contribution in [0.5, 0.6) is 0 Å². The molecule has 0 saturated heterocycles. The van der Waals surface area contributed by atoms with Gasteiger partial charge in [-0.3, -0.25) is 10.1 Å². The van der Waals surface area contributed by atoms with Crippen molar-refractivity contribution in [2.24, 2.45) is 5.73 Å². The van der Waals surface area contributed by atoms with Crippen LogP contribution in [0.1, 0.15) is 11.6 Å². The predicted octanol–water partition coefficient (Wildman–Crippen LogP) is 1.77. The molecule has 92 valence electrons. The number of carbonyl (C=O) groups is 1. The summed E-state index contributed by atoms with van der Waals surface area (Å²) in [6, 6.07) is 9.81. The topological polar surface area (TPSA) is 80.9 Å². The first-order valence-electron chi connectivity index (χ1n) is 5.27. The van der Waals surface area contributed by atoms with E-state index in [2.05, 4.69) is 15.3 Å². The number of anilines is 1. The van der Waals surface area contributed by atoms with Gasteiger partial charge in [0.15, 0.2) is 0 Å². The second kappa shape index (κ2) is 5.57. The SMILES string of the molecule is NC(C(=O)Nc1nccc(Cl)n1)c1ccccc1. The second-order valence-electron chi connectivity index (χ2n) is 3.58. The number of benzene rings is 1. The van der Waals surface area contributed by atoms with Crippen LogP contribution in [0.3, 0.4) is 0 Å². The molecule has 1 amide bonds. The molecule has 2 rings (SSSR count). The van der Waals surface area contributed by atoms with Gasteiger partial charge in [0.05, 0.1) is 0 Å². The van der Waals surface area contributed by atoms with Crippen molar-refractivity contribution in [1.29, 1.82) is 0 Å². The number of nitrogens with one attached hydrogen (secondary N) is 1. The summed E-state index contributed by atoms with van der Waals surface area (Å²) in [5.41, 5.74) is 6.54. The molecular weight excluding hydrogens is 252 g/mol. The molecular formula is C12H11ClN4O. The third-order valence-electron chi connectivity index (χ3n) is 2.30. The number of nitrogens with zero attached hydrogens (tertiary/aromatic N) is 2. The molecule has 18 heavy (non-hydrogen) atoms. The fraction of sp³-hybridized carbons (Fsp3) is 0.0833. The van der Waals surface area contributed by atoms with Crippen molar-refractivity contribution < 1.29 is 4.79 Å². The molecule has 0 radical (unpaired) electrons. The van der Waals surface area contributed by atoms with Crippen molar-refractivity contribution in [2.75, 3.05) is 5.32 Å². The maximum absolute atomic E-state index is 11.9. The molecule has 0 fully saturated rings. The van der Waals surface area contributed by atoms with E-state index in [0.29, 0.717) is 0 Å². The van der Waals surface area contributed by atoms with Crippen molar-refractivity contribution in [2.45, 2.75) is 6.04 Å². The summed E-state index contributed by atoms with van der Waals surface area (Å²) in [6.07, 6.45) is 1.46. The van der Waals surface area contributed by atoms with Gasteiger partial charge in [-0.1, -0.05) is 41.9 Å². The van der Waals surface area contributed by atoms with Gasteiger partial charge in [0.1, 0.15) is 11.2 Å². The zero-order valence-corrected chi connectivity index (χ0v) is 10.1. The Bertz CT molecular complexity index is 547. The summed E-state index contributed by atoms with van der Waals surface area (Å²) in [7, 11) is 0. The molecule has 1 aromatic carbocycles. The monoisotopic (exact) mass is 262 g/mol. The predicted molar refractivity (Wildman–Crippen MR) is 69.0 cm³/mol. The number of rotatable bonds is 3. The van der Waals surface area contributed by atoms with Gasteiger partial charge >= 0.3 is 0 Å². The van der Waals surface area contributed by atoms with Gasteiger partial charge in [0.25, 0.3) is 0 Å². The Morgan fingerprint density at radius 2 is 2.00 bits per heavy atom. The van der Waals surface area contributed by atoms with E-state index in [1.54, 1.807) is 12.1 Å². The lowest BCUT2D eigenvalue weighted by Gasteiger charge is -2.11. The minimum atomic E-state index is -0.770. The van der Waals surface area contributed by atoms with Gasteiger partial charge in [-0.15, -0.1) is 0 Å². The number of carbonyl (C=O) groups excluding carboxylic acids is 1. The second-order valence-corrected chi connectivity index (χ2v) is 3.97. The summed E-state index contributed by atoms with van der Waals surface area (Å²) in [5, 5.41) is 2.77. The van der Waals surface area contributed by atoms with Gasteiger partial charge < -0.3 is 5.73 Å². The fourth-order valence-electron chi connectivity index (χ4n) is 1.40. The zero-order valence-electron chi connectivity index (χ0n) is 9.38. The van der Waals surface area contributed by atoms with Crippen LogP contribution >= 0.6 is 11.6 Å². The van der Waals surface area contributed by atoms with E-state index in [1.807, 2.05) is 18.2 Å². The van der Waals surface area contributed by atoms with Crippen LogP contribution in [0.15, 0.2) is 42.6 Å². The van der Waals surface area contributed by atoms with E-state index >= 15 is 0 Å². The Kier molecular flexibility index (Phi) is 3.86. The van der Waals surface area contributed by atoms with E-state index in [9.17, 15) is 4.79 Å². The third-order valence-corrected chi connectivity index (χ3v) is 2.51. The molecule has 2 aromatic rings. The molecule has 3 N–H and O–H groups in total. The average molecular weight is 263 g/mol. The maximum atomic E-state index is 11.9. The Morgan fingerprint density at radius 1 is 1.28 bits per heavy atom. The molecule has 0 spiro atoms. The lowest BCUT2D eigenvalue weighted by Crippen LogP contribution is -2.28. The molecule has 0 aliphatic rings. The number of hydrogen-bond donors (Lipinski definition) is 2. The van der Waals surface area contributed by atoms with E-state index in [0.717, 1.165) is 5.56 Å². The highest BCUT2D eigenvalue weighted by atomic mass is 35.5. The Balaban J connectivity index is 2.09. The van der Waals surface area contributed by atoms with Gasteiger partial charge in [0.2, 0.25) is 11.9 Å². The van der Waals surface area contributed by atoms with Crippen LogP contribution in [0.2, 0.25) is 5.15 Å². The first kappa shape index (κ1) is 12.5. The van der Waals surface area contributed by atoms with Crippen LogP contribution in [0, 0.1) is 0 Å². The number of aromatic nitrogens is 2. The highest BCUT2D eigenvalue weighted by Crippen LogP contribution is 2.12. The normalized spacial score (nSPS) is 11.9. The number of amides is 1. The van der Waals surface area contributed by atoms with Gasteiger partial charge in [-0.2, -0.15) is 0 Å². The molecule has 0 saturated carbocycles. The quantitative estimate of drug-likeness (QED) is 0.826. The smallest absolute Gasteiger partial charge is 0.248 e. The summed E-state index contributed by atoms with van der Waals surface area (Å²) in [5.74, 6) is -0.248. The van der Waals surface area contributed by atoms with E-state index < -0.39 is 6.04 Å². The van der Waals surface area contributed by atoms with E-state index in [1.165, 1.54) is 12.3 Å². The molecule has 1 atom stereocenters. The largest absolute Gasteiger partial charge is 0.316 e. The minimum Gasteiger partial charge on any atom is -0.316 e. The average Bonchev–Trinajstić information content (AvgIpc) is 2.39. The van der Waals surface area contributed by atoms with E-state index in [4.69, 9.17) is 17.3 Å². The maximum Gasteiger partial charge on any atom is 0.248 e. The minimum absolute atomic E-state index is 0.138. The Labute approximate surface area is 109 Å². The van der Waals surface area contributed by atoms with Gasteiger partial charge in [-0.05, 0) is 11.6 Å². The van der Waals surface area contributed by atoms with Gasteiger partial charge in [-0.25, -0.2) is 9.97 Å². The molecule has 1 aromatic heterocycles. The third kappa shape index (κ3) is 3.03. The highest BCUT2D eigenvalue weighted by Gasteiger charge is 2.16. The summed E-state index contributed by atoms with van der Waals surface area (Å²) in [6.45, 7) is 0. The van der Waals surface area contributed by atoms with Crippen LogP contribution in [0.4, 0.5) is 5.95 Å².